The van der Waals surface area contributed by atoms with Crippen molar-refractivity contribution in [3.05, 3.63) is 35.4 Å². The molecule has 0 bridgehead atoms. The first kappa shape index (κ1) is 15.1. The molecule has 0 saturated carbocycles. The topological polar surface area (TPSA) is 94.4 Å². The maximum atomic E-state index is 5.94. The first-order chi connectivity index (χ1) is 11.1. The van der Waals surface area contributed by atoms with Gasteiger partial charge in [-0.25, -0.2) is 4.98 Å². The molecule has 120 valence electrons. The minimum atomic E-state index is 0.621. The fourth-order valence-corrected chi connectivity index (χ4v) is 2.47. The molecule has 1 aromatic carbocycles. The number of aromatic amines is 1. The minimum Gasteiger partial charge on any atom is -0.493 e. The molecule has 3 rings (SSSR count). The van der Waals surface area contributed by atoms with Crippen molar-refractivity contribution in [3.8, 4) is 17.1 Å². The third-order valence-corrected chi connectivity index (χ3v) is 3.50. The Kier molecular flexibility index (Phi) is 4.31. The zero-order chi connectivity index (χ0) is 16.2. The number of aryl methyl sites for hydroxylation is 4. The van der Waals surface area contributed by atoms with E-state index in [1.807, 2.05) is 26.0 Å². The highest BCUT2D eigenvalue weighted by Gasteiger charge is 2.11. The van der Waals surface area contributed by atoms with Gasteiger partial charge in [-0.15, -0.1) is 10.2 Å². The quantitative estimate of drug-likeness (QED) is 0.695. The highest BCUT2D eigenvalue weighted by molar-refractivity contribution is 5.60. The Morgan fingerprint density at radius 1 is 1.22 bits per heavy atom. The standard InChI is InChI=1S/C15H19N7O/c1-10-7-12(15-19-21-22(3)20-15)8-11(2)14(10)23-6-4-5-13-16-9-17-18-13/h7-9H,4-6H2,1-3H3,(H,16,17,18). The zero-order valence-corrected chi connectivity index (χ0v) is 13.4. The Morgan fingerprint density at radius 3 is 2.61 bits per heavy atom. The molecular weight excluding hydrogens is 294 g/mol. The number of nitrogens with zero attached hydrogens (tertiary/aromatic N) is 6. The van der Waals surface area contributed by atoms with E-state index in [9.17, 15) is 0 Å². The summed E-state index contributed by atoms with van der Waals surface area (Å²) in [6, 6.07) is 4.05. The number of aromatic nitrogens is 7. The van der Waals surface area contributed by atoms with Gasteiger partial charge in [-0.2, -0.15) is 9.90 Å². The SMILES string of the molecule is Cc1cc(-c2nnn(C)n2)cc(C)c1OCCCc1ncn[nH]1. The van der Waals surface area contributed by atoms with E-state index in [1.165, 1.54) is 11.1 Å². The van der Waals surface area contributed by atoms with Crippen LogP contribution in [0.15, 0.2) is 18.5 Å². The van der Waals surface area contributed by atoms with Crippen LogP contribution in [0, 0.1) is 13.8 Å². The normalized spacial score (nSPS) is 10.9. The summed E-state index contributed by atoms with van der Waals surface area (Å²) < 4.78 is 5.94. The Balaban J connectivity index is 1.65. The summed E-state index contributed by atoms with van der Waals surface area (Å²) in [5.74, 6) is 2.41. The smallest absolute Gasteiger partial charge is 0.204 e. The van der Waals surface area contributed by atoms with Crippen LogP contribution in [0.3, 0.4) is 0 Å². The van der Waals surface area contributed by atoms with Crippen molar-refractivity contribution in [3.63, 3.8) is 0 Å². The molecule has 0 aliphatic rings. The van der Waals surface area contributed by atoms with Gasteiger partial charge in [0.05, 0.1) is 13.7 Å². The second-order valence-corrected chi connectivity index (χ2v) is 5.43. The summed E-state index contributed by atoms with van der Waals surface area (Å²) in [5, 5.41) is 18.8. The zero-order valence-electron chi connectivity index (χ0n) is 13.4. The van der Waals surface area contributed by atoms with Crippen LogP contribution in [0.2, 0.25) is 0 Å². The van der Waals surface area contributed by atoms with Crippen molar-refractivity contribution in [2.75, 3.05) is 6.61 Å². The number of H-pyrrole nitrogens is 1. The van der Waals surface area contributed by atoms with Crippen LogP contribution in [0.1, 0.15) is 23.4 Å². The molecule has 0 fully saturated rings. The van der Waals surface area contributed by atoms with Gasteiger partial charge in [0.1, 0.15) is 17.9 Å². The van der Waals surface area contributed by atoms with E-state index in [0.29, 0.717) is 12.4 Å². The van der Waals surface area contributed by atoms with Crippen molar-refractivity contribution < 1.29 is 4.74 Å². The van der Waals surface area contributed by atoms with Crippen molar-refractivity contribution in [2.24, 2.45) is 7.05 Å². The molecule has 0 spiro atoms. The molecule has 2 heterocycles. The number of rotatable bonds is 6. The average Bonchev–Trinajstić information content (AvgIpc) is 3.17. The van der Waals surface area contributed by atoms with Crippen molar-refractivity contribution in [1.82, 2.24) is 35.4 Å². The van der Waals surface area contributed by atoms with Crippen molar-refractivity contribution >= 4 is 0 Å². The number of hydrogen-bond donors (Lipinski definition) is 1. The van der Waals surface area contributed by atoms with Gasteiger partial charge in [-0.1, -0.05) is 0 Å². The van der Waals surface area contributed by atoms with Crippen LogP contribution in [0.25, 0.3) is 11.4 Å². The molecule has 8 heteroatoms. The second kappa shape index (κ2) is 6.55. The molecule has 0 radical (unpaired) electrons. The summed E-state index contributed by atoms with van der Waals surface area (Å²) >= 11 is 0. The Morgan fingerprint density at radius 2 is 2.00 bits per heavy atom. The molecule has 0 aliphatic heterocycles. The first-order valence-corrected chi connectivity index (χ1v) is 7.46. The fraction of sp³-hybridized carbons (Fsp3) is 0.400. The second-order valence-electron chi connectivity index (χ2n) is 5.43. The Labute approximate surface area is 133 Å². The molecule has 2 aromatic heterocycles. The molecule has 0 amide bonds. The summed E-state index contributed by atoms with van der Waals surface area (Å²) in [6.45, 7) is 4.68. The van der Waals surface area contributed by atoms with Crippen LogP contribution < -0.4 is 4.74 Å². The van der Waals surface area contributed by atoms with E-state index in [2.05, 4.69) is 30.6 Å². The van der Waals surface area contributed by atoms with Gasteiger partial charge < -0.3 is 4.74 Å². The maximum Gasteiger partial charge on any atom is 0.204 e. The lowest BCUT2D eigenvalue weighted by molar-refractivity contribution is 0.306. The van der Waals surface area contributed by atoms with Gasteiger partial charge in [0, 0.05) is 12.0 Å². The van der Waals surface area contributed by atoms with Crippen LogP contribution >= 0.6 is 0 Å². The van der Waals surface area contributed by atoms with Crippen LogP contribution in [0.5, 0.6) is 5.75 Å². The minimum absolute atomic E-state index is 0.621. The Bertz CT molecular complexity index is 756. The predicted octanol–water partition coefficient (Wildman–Crippen LogP) is 1.62. The predicted molar refractivity (Wildman–Crippen MR) is 83.9 cm³/mol. The molecular formula is C15H19N7O. The first-order valence-electron chi connectivity index (χ1n) is 7.46. The summed E-state index contributed by atoms with van der Waals surface area (Å²) in [4.78, 5) is 5.55. The molecule has 3 aromatic rings. The van der Waals surface area contributed by atoms with E-state index in [4.69, 9.17) is 4.74 Å². The van der Waals surface area contributed by atoms with Gasteiger partial charge in [0.2, 0.25) is 5.82 Å². The van der Waals surface area contributed by atoms with Gasteiger partial charge in [0.15, 0.2) is 0 Å². The highest BCUT2D eigenvalue weighted by atomic mass is 16.5. The lowest BCUT2D eigenvalue weighted by Crippen LogP contribution is -2.03. The molecule has 1 N–H and O–H groups in total. The van der Waals surface area contributed by atoms with Crippen molar-refractivity contribution in [2.45, 2.75) is 26.7 Å². The Hall–Kier alpha value is -2.77. The van der Waals surface area contributed by atoms with Gasteiger partial charge in [-0.05, 0) is 48.7 Å². The third-order valence-electron chi connectivity index (χ3n) is 3.50. The van der Waals surface area contributed by atoms with Gasteiger partial charge >= 0.3 is 0 Å². The van der Waals surface area contributed by atoms with Crippen LogP contribution in [-0.4, -0.2) is 42.0 Å². The highest BCUT2D eigenvalue weighted by Crippen LogP contribution is 2.28. The number of nitrogens with one attached hydrogen (secondary N) is 1. The number of ether oxygens (including phenoxy) is 1. The lowest BCUT2D eigenvalue weighted by Gasteiger charge is -2.13. The average molecular weight is 313 g/mol. The number of hydrogen-bond acceptors (Lipinski definition) is 6. The molecule has 0 atom stereocenters. The van der Waals surface area contributed by atoms with E-state index >= 15 is 0 Å². The summed E-state index contributed by atoms with van der Waals surface area (Å²) in [7, 11) is 1.75. The fourth-order valence-electron chi connectivity index (χ4n) is 2.47. The van der Waals surface area contributed by atoms with Gasteiger partial charge in [0.25, 0.3) is 0 Å². The van der Waals surface area contributed by atoms with E-state index in [-0.39, 0.29) is 0 Å². The maximum absolute atomic E-state index is 5.94. The molecule has 0 unspecified atom stereocenters. The molecule has 8 nitrogen and oxygen atoms in total. The van der Waals surface area contributed by atoms with E-state index < -0.39 is 0 Å². The third kappa shape index (κ3) is 3.53. The van der Waals surface area contributed by atoms with E-state index in [0.717, 1.165) is 41.1 Å². The monoisotopic (exact) mass is 313 g/mol. The van der Waals surface area contributed by atoms with Crippen LogP contribution in [0.4, 0.5) is 0 Å². The van der Waals surface area contributed by atoms with Crippen LogP contribution in [-0.2, 0) is 13.5 Å². The number of tetrazole rings is 1. The molecule has 23 heavy (non-hydrogen) atoms. The number of benzene rings is 1. The summed E-state index contributed by atoms with van der Waals surface area (Å²) in [5.41, 5.74) is 3.07. The van der Waals surface area contributed by atoms with Crippen molar-refractivity contribution in [1.29, 1.82) is 0 Å². The van der Waals surface area contributed by atoms with Gasteiger partial charge in [-0.3, -0.25) is 5.10 Å². The van der Waals surface area contributed by atoms with E-state index in [1.54, 1.807) is 7.05 Å². The molecule has 0 saturated heterocycles. The largest absolute Gasteiger partial charge is 0.493 e. The molecule has 0 aliphatic carbocycles. The lowest BCUT2D eigenvalue weighted by atomic mass is 10.1. The summed E-state index contributed by atoms with van der Waals surface area (Å²) in [6.07, 6.45) is 3.21.